The van der Waals surface area contributed by atoms with Gasteiger partial charge < -0.3 is 10.2 Å². The smallest absolute Gasteiger partial charge is 0.0377 e. The van der Waals surface area contributed by atoms with Gasteiger partial charge in [0.15, 0.2) is 0 Å². The van der Waals surface area contributed by atoms with Crippen LogP contribution in [0.15, 0.2) is 28.7 Å². The SMILES string of the molecule is CC(C)NC1CCN(c2cccc(Br)c2)CC1. The van der Waals surface area contributed by atoms with Crippen LogP contribution in [0.4, 0.5) is 5.69 Å². The van der Waals surface area contributed by atoms with Crippen LogP contribution in [0.2, 0.25) is 0 Å². The Morgan fingerprint density at radius 1 is 1.29 bits per heavy atom. The largest absolute Gasteiger partial charge is 0.371 e. The Labute approximate surface area is 113 Å². The highest BCUT2D eigenvalue weighted by Crippen LogP contribution is 2.23. The summed E-state index contributed by atoms with van der Waals surface area (Å²) in [6, 6.07) is 9.88. The van der Waals surface area contributed by atoms with Crippen LogP contribution >= 0.6 is 15.9 Å². The molecule has 0 saturated carbocycles. The monoisotopic (exact) mass is 296 g/mol. The van der Waals surface area contributed by atoms with Gasteiger partial charge in [0.05, 0.1) is 0 Å². The molecule has 0 radical (unpaired) electrons. The van der Waals surface area contributed by atoms with E-state index in [2.05, 4.69) is 64.3 Å². The second-order valence-corrected chi connectivity index (χ2v) is 5.98. The highest BCUT2D eigenvalue weighted by atomic mass is 79.9. The van der Waals surface area contributed by atoms with Crippen LogP contribution < -0.4 is 10.2 Å². The molecule has 2 nitrogen and oxygen atoms in total. The maximum Gasteiger partial charge on any atom is 0.0377 e. The second kappa shape index (κ2) is 5.87. The minimum atomic E-state index is 0.595. The number of rotatable bonds is 3. The van der Waals surface area contributed by atoms with E-state index in [9.17, 15) is 0 Å². The summed E-state index contributed by atoms with van der Waals surface area (Å²) in [4.78, 5) is 2.48. The number of benzene rings is 1. The number of anilines is 1. The van der Waals surface area contributed by atoms with Crippen molar-refractivity contribution in [1.29, 1.82) is 0 Å². The molecule has 2 rings (SSSR count). The van der Waals surface area contributed by atoms with Crippen molar-refractivity contribution in [2.24, 2.45) is 0 Å². The van der Waals surface area contributed by atoms with Crippen LogP contribution in [-0.4, -0.2) is 25.2 Å². The van der Waals surface area contributed by atoms with Gasteiger partial charge in [0.2, 0.25) is 0 Å². The van der Waals surface area contributed by atoms with Crippen LogP contribution in [0, 0.1) is 0 Å². The summed E-state index contributed by atoms with van der Waals surface area (Å²) in [5.41, 5.74) is 1.34. The average molecular weight is 297 g/mol. The van der Waals surface area contributed by atoms with E-state index < -0.39 is 0 Å². The Bertz CT molecular complexity index is 357. The summed E-state index contributed by atoms with van der Waals surface area (Å²) >= 11 is 3.53. The van der Waals surface area contributed by atoms with Gasteiger partial charge in [-0.3, -0.25) is 0 Å². The van der Waals surface area contributed by atoms with Gasteiger partial charge in [-0.2, -0.15) is 0 Å². The van der Waals surface area contributed by atoms with Crippen LogP contribution in [0.5, 0.6) is 0 Å². The first-order valence-corrected chi connectivity index (χ1v) is 7.21. The van der Waals surface area contributed by atoms with E-state index in [1.165, 1.54) is 18.5 Å². The Morgan fingerprint density at radius 2 is 2.00 bits per heavy atom. The summed E-state index contributed by atoms with van der Waals surface area (Å²) in [7, 11) is 0. The molecule has 1 N–H and O–H groups in total. The van der Waals surface area contributed by atoms with Crippen molar-refractivity contribution in [3.8, 4) is 0 Å². The van der Waals surface area contributed by atoms with Gasteiger partial charge in [-0.05, 0) is 31.0 Å². The van der Waals surface area contributed by atoms with E-state index in [4.69, 9.17) is 0 Å². The molecule has 0 bridgehead atoms. The lowest BCUT2D eigenvalue weighted by molar-refractivity contribution is 0.387. The molecule has 1 heterocycles. The summed E-state index contributed by atoms with van der Waals surface area (Å²) in [5, 5.41) is 3.63. The summed E-state index contributed by atoms with van der Waals surface area (Å²) in [5.74, 6) is 0. The fraction of sp³-hybridized carbons (Fsp3) is 0.571. The lowest BCUT2D eigenvalue weighted by Gasteiger charge is -2.35. The fourth-order valence-electron chi connectivity index (χ4n) is 2.45. The van der Waals surface area contributed by atoms with E-state index in [1.54, 1.807) is 0 Å². The molecule has 1 aliphatic heterocycles. The number of piperidine rings is 1. The van der Waals surface area contributed by atoms with Gasteiger partial charge >= 0.3 is 0 Å². The molecule has 1 saturated heterocycles. The number of hydrogen-bond acceptors (Lipinski definition) is 2. The lowest BCUT2D eigenvalue weighted by atomic mass is 10.0. The van der Waals surface area contributed by atoms with Gasteiger partial charge in [0.1, 0.15) is 0 Å². The van der Waals surface area contributed by atoms with Crippen molar-refractivity contribution in [2.45, 2.75) is 38.8 Å². The van der Waals surface area contributed by atoms with E-state index >= 15 is 0 Å². The van der Waals surface area contributed by atoms with E-state index in [-0.39, 0.29) is 0 Å². The topological polar surface area (TPSA) is 15.3 Å². The summed E-state index contributed by atoms with van der Waals surface area (Å²) < 4.78 is 1.16. The van der Waals surface area contributed by atoms with Gasteiger partial charge in [-0.25, -0.2) is 0 Å². The van der Waals surface area contributed by atoms with Crippen molar-refractivity contribution >= 4 is 21.6 Å². The molecule has 0 aliphatic carbocycles. The van der Waals surface area contributed by atoms with Gasteiger partial charge in [-0.1, -0.05) is 35.8 Å². The summed E-state index contributed by atoms with van der Waals surface area (Å²) in [6.45, 7) is 6.75. The third kappa shape index (κ3) is 3.71. The number of nitrogens with zero attached hydrogens (tertiary/aromatic N) is 1. The molecule has 1 aromatic rings. The van der Waals surface area contributed by atoms with E-state index in [0.29, 0.717) is 12.1 Å². The van der Waals surface area contributed by atoms with Crippen molar-refractivity contribution in [3.05, 3.63) is 28.7 Å². The van der Waals surface area contributed by atoms with Crippen molar-refractivity contribution in [1.82, 2.24) is 5.32 Å². The molecule has 17 heavy (non-hydrogen) atoms. The first kappa shape index (κ1) is 12.9. The highest BCUT2D eigenvalue weighted by Gasteiger charge is 2.19. The fourth-order valence-corrected chi connectivity index (χ4v) is 2.84. The Kier molecular flexibility index (Phi) is 4.46. The third-order valence-corrected chi connectivity index (χ3v) is 3.73. The zero-order valence-electron chi connectivity index (χ0n) is 10.6. The Balaban J connectivity index is 1.91. The number of hydrogen-bond donors (Lipinski definition) is 1. The van der Waals surface area contributed by atoms with Crippen LogP contribution in [0.3, 0.4) is 0 Å². The first-order chi connectivity index (χ1) is 8.15. The Hall–Kier alpha value is -0.540. The predicted molar refractivity (Wildman–Crippen MR) is 77.6 cm³/mol. The molecule has 1 fully saturated rings. The average Bonchev–Trinajstić information content (AvgIpc) is 2.29. The molecule has 3 heteroatoms. The third-order valence-electron chi connectivity index (χ3n) is 3.24. The number of nitrogens with one attached hydrogen (secondary N) is 1. The highest BCUT2D eigenvalue weighted by molar-refractivity contribution is 9.10. The van der Waals surface area contributed by atoms with Gasteiger partial charge in [0.25, 0.3) is 0 Å². The van der Waals surface area contributed by atoms with Crippen molar-refractivity contribution in [3.63, 3.8) is 0 Å². The quantitative estimate of drug-likeness (QED) is 0.919. The summed E-state index contributed by atoms with van der Waals surface area (Å²) in [6.07, 6.45) is 2.48. The van der Waals surface area contributed by atoms with E-state index in [1.807, 2.05) is 0 Å². The van der Waals surface area contributed by atoms with E-state index in [0.717, 1.165) is 17.6 Å². The predicted octanol–water partition coefficient (Wildman–Crippen LogP) is 3.42. The van der Waals surface area contributed by atoms with Crippen LogP contribution in [-0.2, 0) is 0 Å². The zero-order valence-corrected chi connectivity index (χ0v) is 12.2. The Morgan fingerprint density at radius 3 is 2.59 bits per heavy atom. The molecular formula is C14H21BrN2. The maximum atomic E-state index is 3.63. The van der Waals surface area contributed by atoms with Gasteiger partial charge in [-0.15, -0.1) is 0 Å². The molecule has 0 spiro atoms. The van der Waals surface area contributed by atoms with Crippen molar-refractivity contribution in [2.75, 3.05) is 18.0 Å². The molecule has 94 valence electrons. The minimum absolute atomic E-state index is 0.595. The standard InChI is InChI=1S/C14H21BrN2/c1-11(2)16-13-6-8-17(9-7-13)14-5-3-4-12(15)10-14/h3-5,10-11,13,16H,6-9H2,1-2H3. The normalized spacial score (nSPS) is 17.8. The molecular weight excluding hydrogens is 276 g/mol. The zero-order chi connectivity index (χ0) is 12.3. The first-order valence-electron chi connectivity index (χ1n) is 6.41. The minimum Gasteiger partial charge on any atom is -0.371 e. The molecule has 0 unspecified atom stereocenters. The molecule has 0 aromatic heterocycles. The van der Waals surface area contributed by atoms with Crippen LogP contribution in [0.1, 0.15) is 26.7 Å². The van der Waals surface area contributed by atoms with Crippen LogP contribution in [0.25, 0.3) is 0 Å². The molecule has 0 atom stereocenters. The van der Waals surface area contributed by atoms with Crippen molar-refractivity contribution < 1.29 is 0 Å². The molecule has 0 amide bonds. The van der Waals surface area contributed by atoms with Gasteiger partial charge in [0, 0.05) is 35.3 Å². The molecule has 1 aromatic carbocycles. The number of halogens is 1. The molecule has 1 aliphatic rings. The lowest BCUT2D eigenvalue weighted by Crippen LogP contribution is -2.44. The second-order valence-electron chi connectivity index (χ2n) is 5.06. The maximum absolute atomic E-state index is 3.63.